The van der Waals surface area contributed by atoms with E-state index in [1.165, 1.54) is 26.2 Å². The fraction of sp³-hybridized carbons (Fsp3) is 1.00. The molecular formula is C8H16N2. The molecule has 0 aliphatic carbocycles. The molecule has 0 N–H and O–H groups in total. The standard InChI is InChI=1S/C8H16N2/c1-3-10-5-7-4-9(2)6-8(7)10/h7-8H,3-6H2,1-2H3. The Morgan fingerprint density at radius 3 is 2.70 bits per heavy atom. The molecule has 2 nitrogen and oxygen atoms in total. The third kappa shape index (κ3) is 0.789. The van der Waals surface area contributed by atoms with Crippen LogP contribution < -0.4 is 0 Å². The van der Waals surface area contributed by atoms with Crippen LogP contribution in [0.4, 0.5) is 0 Å². The van der Waals surface area contributed by atoms with Gasteiger partial charge in [-0.3, -0.25) is 4.90 Å². The molecule has 58 valence electrons. The van der Waals surface area contributed by atoms with Gasteiger partial charge in [-0.25, -0.2) is 0 Å². The number of nitrogens with zero attached hydrogens (tertiary/aromatic N) is 2. The van der Waals surface area contributed by atoms with E-state index in [9.17, 15) is 0 Å². The Balaban J connectivity index is 1.93. The molecule has 2 saturated heterocycles. The first-order valence-corrected chi connectivity index (χ1v) is 4.24. The van der Waals surface area contributed by atoms with Crippen molar-refractivity contribution in [3.05, 3.63) is 0 Å². The van der Waals surface area contributed by atoms with Crippen molar-refractivity contribution in [2.24, 2.45) is 5.92 Å². The Bertz CT molecular complexity index is 131. The Hall–Kier alpha value is -0.0800. The molecule has 0 amide bonds. The maximum Gasteiger partial charge on any atom is 0.0275 e. The van der Waals surface area contributed by atoms with Crippen molar-refractivity contribution in [3.8, 4) is 0 Å². The van der Waals surface area contributed by atoms with E-state index >= 15 is 0 Å². The van der Waals surface area contributed by atoms with E-state index in [0.29, 0.717) is 0 Å². The summed E-state index contributed by atoms with van der Waals surface area (Å²) in [4.78, 5) is 5.03. The zero-order valence-electron chi connectivity index (χ0n) is 6.88. The summed E-state index contributed by atoms with van der Waals surface area (Å²) in [6.45, 7) is 7.49. The molecule has 2 rings (SSSR count). The molecule has 0 aromatic rings. The minimum absolute atomic E-state index is 0.912. The SMILES string of the molecule is CCN1CC2CN(C)CC21. The molecule has 2 aliphatic heterocycles. The van der Waals surface area contributed by atoms with Crippen LogP contribution >= 0.6 is 0 Å². The number of fused-ring (bicyclic) bond motifs is 1. The molecule has 2 heteroatoms. The van der Waals surface area contributed by atoms with Gasteiger partial charge in [0.15, 0.2) is 0 Å². The second-order valence-electron chi connectivity index (χ2n) is 3.64. The van der Waals surface area contributed by atoms with Crippen LogP contribution in [-0.4, -0.2) is 49.1 Å². The van der Waals surface area contributed by atoms with Gasteiger partial charge in [-0.1, -0.05) is 6.92 Å². The van der Waals surface area contributed by atoms with Gasteiger partial charge in [0.1, 0.15) is 0 Å². The van der Waals surface area contributed by atoms with Crippen LogP contribution in [0.2, 0.25) is 0 Å². The highest BCUT2D eigenvalue weighted by Crippen LogP contribution is 2.30. The Labute approximate surface area is 62.8 Å². The molecule has 2 atom stereocenters. The molecule has 10 heavy (non-hydrogen) atoms. The lowest BCUT2D eigenvalue weighted by Gasteiger charge is -2.43. The highest BCUT2D eigenvalue weighted by Gasteiger charge is 2.43. The smallest absolute Gasteiger partial charge is 0.0275 e. The van der Waals surface area contributed by atoms with E-state index < -0.39 is 0 Å². The summed E-state index contributed by atoms with van der Waals surface area (Å²) in [5, 5.41) is 0. The van der Waals surface area contributed by atoms with Gasteiger partial charge in [-0.2, -0.15) is 0 Å². The fourth-order valence-electron chi connectivity index (χ4n) is 2.32. The number of hydrogen-bond acceptors (Lipinski definition) is 2. The largest absolute Gasteiger partial charge is 0.304 e. The Kier molecular flexibility index (Phi) is 1.46. The van der Waals surface area contributed by atoms with E-state index in [4.69, 9.17) is 0 Å². The number of likely N-dealkylation sites (N-methyl/N-ethyl adjacent to an activating group) is 2. The lowest BCUT2D eigenvalue weighted by molar-refractivity contribution is 0.0578. The second-order valence-corrected chi connectivity index (χ2v) is 3.64. The molecule has 0 aromatic carbocycles. The van der Waals surface area contributed by atoms with Crippen LogP contribution in [0, 0.1) is 5.92 Å². The predicted molar refractivity (Wildman–Crippen MR) is 42.0 cm³/mol. The quantitative estimate of drug-likeness (QED) is 0.515. The molecule has 0 saturated carbocycles. The average Bonchev–Trinajstić information content (AvgIpc) is 2.15. The van der Waals surface area contributed by atoms with Crippen molar-refractivity contribution in [1.29, 1.82) is 0 Å². The van der Waals surface area contributed by atoms with Crippen molar-refractivity contribution in [1.82, 2.24) is 9.80 Å². The van der Waals surface area contributed by atoms with Gasteiger partial charge in [-0.05, 0) is 13.6 Å². The highest BCUT2D eigenvalue weighted by atomic mass is 15.3. The summed E-state index contributed by atoms with van der Waals surface area (Å²) >= 11 is 0. The van der Waals surface area contributed by atoms with E-state index in [0.717, 1.165) is 12.0 Å². The fourth-order valence-corrected chi connectivity index (χ4v) is 2.32. The van der Waals surface area contributed by atoms with Gasteiger partial charge in [0.25, 0.3) is 0 Å². The number of likely N-dealkylation sites (tertiary alicyclic amines) is 2. The first kappa shape index (κ1) is 6.62. The van der Waals surface area contributed by atoms with Crippen LogP contribution in [0.25, 0.3) is 0 Å². The third-order valence-corrected chi connectivity index (χ3v) is 2.93. The van der Waals surface area contributed by atoms with Gasteiger partial charge in [0.2, 0.25) is 0 Å². The zero-order chi connectivity index (χ0) is 7.14. The molecule has 0 bridgehead atoms. The summed E-state index contributed by atoms with van der Waals surface area (Å²) < 4.78 is 0. The monoisotopic (exact) mass is 140 g/mol. The third-order valence-electron chi connectivity index (χ3n) is 2.93. The lowest BCUT2D eigenvalue weighted by Crippen LogP contribution is -2.55. The van der Waals surface area contributed by atoms with Gasteiger partial charge in [0.05, 0.1) is 0 Å². The Morgan fingerprint density at radius 2 is 2.10 bits per heavy atom. The molecule has 0 aromatic heterocycles. The van der Waals surface area contributed by atoms with Crippen LogP contribution in [-0.2, 0) is 0 Å². The molecule has 2 unspecified atom stereocenters. The first-order chi connectivity index (χ1) is 4.81. The summed E-state index contributed by atoms with van der Waals surface area (Å²) in [5.41, 5.74) is 0. The van der Waals surface area contributed by atoms with Crippen molar-refractivity contribution in [3.63, 3.8) is 0 Å². The van der Waals surface area contributed by atoms with Gasteiger partial charge in [0, 0.05) is 31.6 Å². The maximum atomic E-state index is 2.58. The molecule has 0 spiro atoms. The first-order valence-electron chi connectivity index (χ1n) is 4.24. The Morgan fingerprint density at radius 1 is 1.30 bits per heavy atom. The van der Waals surface area contributed by atoms with Gasteiger partial charge >= 0.3 is 0 Å². The van der Waals surface area contributed by atoms with Crippen LogP contribution in [0.3, 0.4) is 0 Å². The van der Waals surface area contributed by atoms with Crippen LogP contribution in [0.15, 0.2) is 0 Å². The van der Waals surface area contributed by atoms with Crippen molar-refractivity contribution in [2.75, 3.05) is 33.2 Å². The van der Waals surface area contributed by atoms with Gasteiger partial charge in [-0.15, -0.1) is 0 Å². The molecule has 0 radical (unpaired) electrons. The minimum Gasteiger partial charge on any atom is -0.304 e. The minimum atomic E-state index is 0.912. The van der Waals surface area contributed by atoms with Crippen molar-refractivity contribution < 1.29 is 0 Å². The number of hydrogen-bond donors (Lipinski definition) is 0. The summed E-state index contributed by atoms with van der Waals surface area (Å²) in [7, 11) is 2.23. The number of rotatable bonds is 1. The van der Waals surface area contributed by atoms with E-state index in [2.05, 4.69) is 23.8 Å². The van der Waals surface area contributed by atoms with E-state index in [1.807, 2.05) is 0 Å². The van der Waals surface area contributed by atoms with E-state index in [-0.39, 0.29) is 0 Å². The summed E-state index contributed by atoms with van der Waals surface area (Å²) in [6, 6.07) is 0.912. The molecule has 2 fully saturated rings. The molecule has 2 aliphatic rings. The predicted octanol–water partition coefficient (Wildman–Crippen LogP) is 0.252. The average molecular weight is 140 g/mol. The molecular weight excluding hydrogens is 124 g/mol. The van der Waals surface area contributed by atoms with Crippen molar-refractivity contribution in [2.45, 2.75) is 13.0 Å². The second kappa shape index (κ2) is 2.21. The van der Waals surface area contributed by atoms with Gasteiger partial charge < -0.3 is 4.90 Å². The van der Waals surface area contributed by atoms with Crippen molar-refractivity contribution >= 4 is 0 Å². The normalized spacial score (nSPS) is 41.4. The molecule has 2 heterocycles. The van der Waals surface area contributed by atoms with E-state index in [1.54, 1.807) is 0 Å². The zero-order valence-corrected chi connectivity index (χ0v) is 6.88. The summed E-state index contributed by atoms with van der Waals surface area (Å²) in [6.07, 6.45) is 0. The van der Waals surface area contributed by atoms with Crippen LogP contribution in [0.5, 0.6) is 0 Å². The summed E-state index contributed by atoms with van der Waals surface area (Å²) in [5.74, 6) is 1.00. The highest BCUT2D eigenvalue weighted by molar-refractivity contribution is 4.98. The topological polar surface area (TPSA) is 6.48 Å². The van der Waals surface area contributed by atoms with Crippen LogP contribution in [0.1, 0.15) is 6.92 Å². The lowest BCUT2D eigenvalue weighted by atomic mass is 9.92. The maximum absolute atomic E-state index is 2.58.